The molecule has 116 valence electrons. The summed E-state index contributed by atoms with van der Waals surface area (Å²) in [5.74, 6) is 0.304. The van der Waals surface area contributed by atoms with Crippen LogP contribution in [-0.4, -0.2) is 16.2 Å². The predicted octanol–water partition coefficient (Wildman–Crippen LogP) is 2.30. The van der Waals surface area contributed by atoms with E-state index < -0.39 is 0 Å². The van der Waals surface area contributed by atoms with Gasteiger partial charge in [-0.25, -0.2) is 0 Å². The minimum absolute atomic E-state index is 0.0727. The van der Waals surface area contributed by atoms with Crippen LogP contribution < -0.4 is 10.9 Å². The molecule has 0 amide bonds. The summed E-state index contributed by atoms with van der Waals surface area (Å²) in [6.07, 6.45) is 4.14. The second-order valence-corrected chi connectivity index (χ2v) is 5.95. The van der Waals surface area contributed by atoms with Crippen molar-refractivity contribution in [3.05, 3.63) is 63.6 Å². The van der Waals surface area contributed by atoms with Crippen molar-refractivity contribution in [3.8, 4) is 5.75 Å². The minimum Gasteiger partial charge on any atom is -0.508 e. The zero-order valence-corrected chi connectivity index (χ0v) is 12.9. The number of phenolic OH excluding ortho intramolecular Hbond substituents is 1. The fraction of sp³-hybridized carbons (Fsp3) is 0.389. The van der Waals surface area contributed by atoms with Crippen molar-refractivity contribution < 1.29 is 5.11 Å². The standard InChI is InChI=1S/C18H22N2O2/c1-20-17-4-2-3-16(15(17)9-10-18(20)22)19-12-11-13-5-7-14(21)8-6-13/h5-10,16,19,21H,2-4,11-12H2,1H3. The molecular formula is C18H22N2O2. The van der Waals surface area contributed by atoms with Gasteiger partial charge < -0.3 is 15.0 Å². The van der Waals surface area contributed by atoms with E-state index in [9.17, 15) is 9.90 Å². The lowest BCUT2D eigenvalue weighted by Gasteiger charge is -2.27. The van der Waals surface area contributed by atoms with Gasteiger partial charge in [0.15, 0.2) is 0 Å². The molecule has 0 saturated heterocycles. The van der Waals surface area contributed by atoms with Gasteiger partial charge in [0.05, 0.1) is 0 Å². The van der Waals surface area contributed by atoms with Gasteiger partial charge in [0.2, 0.25) is 5.56 Å². The first-order valence-corrected chi connectivity index (χ1v) is 7.85. The van der Waals surface area contributed by atoms with Crippen LogP contribution >= 0.6 is 0 Å². The average molecular weight is 298 g/mol. The largest absolute Gasteiger partial charge is 0.508 e. The molecular weight excluding hydrogens is 276 g/mol. The Balaban J connectivity index is 1.66. The van der Waals surface area contributed by atoms with Gasteiger partial charge in [-0.2, -0.15) is 0 Å². The first kappa shape index (κ1) is 14.9. The van der Waals surface area contributed by atoms with Crippen molar-refractivity contribution in [2.24, 2.45) is 7.05 Å². The second kappa shape index (κ2) is 6.36. The highest BCUT2D eigenvalue weighted by Gasteiger charge is 2.21. The van der Waals surface area contributed by atoms with Crippen LogP contribution in [0.5, 0.6) is 5.75 Å². The first-order valence-electron chi connectivity index (χ1n) is 7.85. The molecule has 0 radical (unpaired) electrons. The maximum Gasteiger partial charge on any atom is 0.250 e. The first-order chi connectivity index (χ1) is 10.6. The molecule has 1 aromatic carbocycles. The molecule has 0 fully saturated rings. The van der Waals surface area contributed by atoms with E-state index in [2.05, 4.69) is 5.32 Å². The molecule has 0 spiro atoms. The van der Waals surface area contributed by atoms with Gasteiger partial charge in [0, 0.05) is 24.8 Å². The molecule has 2 aromatic rings. The Labute approximate surface area is 130 Å². The molecule has 1 aliphatic carbocycles. The number of aromatic nitrogens is 1. The number of nitrogens with zero attached hydrogens (tertiary/aromatic N) is 1. The Kier molecular flexibility index (Phi) is 4.29. The number of nitrogens with one attached hydrogen (secondary N) is 1. The van der Waals surface area contributed by atoms with Crippen LogP contribution in [0, 0.1) is 0 Å². The van der Waals surface area contributed by atoms with Crippen molar-refractivity contribution in [2.75, 3.05) is 6.54 Å². The number of fused-ring (bicyclic) bond motifs is 1. The average Bonchev–Trinajstić information content (AvgIpc) is 2.53. The van der Waals surface area contributed by atoms with E-state index in [1.165, 1.54) is 16.8 Å². The summed E-state index contributed by atoms with van der Waals surface area (Å²) in [4.78, 5) is 11.7. The van der Waals surface area contributed by atoms with Crippen molar-refractivity contribution in [1.82, 2.24) is 9.88 Å². The summed E-state index contributed by atoms with van der Waals surface area (Å²) in [7, 11) is 1.86. The molecule has 0 saturated carbocycles. The number of hydrogen-bond acceptors (Lipinski definition) is 3. The molecule has 1 unspecified atom stereocenters. The normalized spacial score (nSPS) is 17.2. The van der Waals surface area contributed by atoms with Crippen molar-refractivity contribution in [1.29, 1.82) is 0 Å². The smallest absolute Gasteiger partial charge is 0.250 e. The fourth-order valence-corrected chi connectivity index (χ4v) is 3.22. The van der Waals surface area contributed by atoms with Crippen molar-refractivity contribution >= 4 is 0 Å². The lowest BCUT2D eigenvalue weighted by atomic mass is 9.91. The third-order valence-corrected chi connectivity index (χ3v) is 4.50. The predicted molar refractivity (Wildman–Crippen MR) is 87.2 cm³/mol. The molecule has 0 bridgehead atoms. The van der Waals surface area contributed by atoms with Crippen LogP contribution in [-0.2, 0) is 19.9 Å². The highest BCUT2D eigenvalue weighted by molar-refractivity contribution is 5.28. The maximum atomic E-state index is 11.7. The fourth-order valence-electron chi connectivity index (χ4n) is 3.22. The summed E-state index contributed by atoms with van der Waals surface area (Å²) in [6, 6.07) is 11.3. The van der Waals surface area contributed by atoms with E-state index >= 15 is 0 Å². The topological polar surface area (TPSA) is 54.3 Å². The monoisotopic (exact) mass is 298 g/mol. The number of pyridine rings is 1. The van der Waals surface area contributed by atoms with Gasteiger partial charge in [-0.15, -0.1) is 0 Å². The number of aromatic hydroxyl groups is 1. The minimum atomic E-state index is 0.0727. The third-order valence-electron chi connectivity index (χ3n) is 4.50. The summed E-state index contributed by atoms with van der Waals surface area (Å²) >= 11 is 0. The molecule has 3 rings (SSSR count). The van der Waals surface area contributed by atoms with E-state index in [1.807, 2.05) is 25.2 Å². The lowest BCUT2D eigenvalue weighted by Crippen LogP contribution is -2.31. The van der Waals surface area contributed by atoms with Gasteiger partial charge in [-0.1, -0.05) is 18.2 Å². The zero-order chi connectivity index (χ0) is 15.5. The van der Waals surface area contributed by atoms with Crippen LogP contribution in [0.25, 0.3) is 0 Å². The molecule has 1 atom stereocenters. The summed E-state index contributed by atoms with van der Waals surface area (Å²) < 4.78 is 1.78. The van der Waals surface area contributed by atoms with Gasteiger partial charge >= 0.3 is 0 Å². The van der Waals surface area contributed by atoms with E-state index in [1.54, 1.807) is 22.8 Å². The number of rotatable bonds is 4. The van der Waals surface area contributed by atoms with E-state index in [-0.39, 0.29) is 5.56 Å². The van der Waals surface area contributed by atoms with E-state index in [4.69, 9.17) is 0 Å². The quantitative estimate of drug-likeness (QED) is 0.910. The molecule has 1 aromatic heterocycles. The van der Waals surface area contributed by atoms with Gasteiger partial charge in [-0.05, 0) is 55.5 Å². The summed E-state index contributed by atoms with van der Waals surface area (Å²) in [5.41, 5.74) is 3.71. The van der Waals surface area contributed by atoms with Gasteiger partial charge in [0.25, 0.3) is 0 Å². The molecule has 4 heteroatoms. The SMILES string of the molecule is Cn1c2c(ccc1=O)C(NCCc1ccc(O)cc1)CCC2. The van der Waals surface area contributed by atoms with Crippen LogP contribution in [0.1, 0.15) is 35.7 Å². The Morgan fingerprint density at radius 3 is 2.77 bits per heavy atom. The maximum absolute atomic E-state index is 11.7. The van der Waals surface area contributed by atoms with Crippen LogP contribution in [0.3, 0.4) is 0 Å². The Bertz CT molecular complexity index is 704. The highest BCUT2D eigenvalue weighted by atomic mass is 16.3. The molecule has 2 N–H and O–H groups in total. The number of hydrogen-bond donors (Lipinski definition) is 2. The third kappa shape index (κ3) is 3.07. The number of benzene rings is 1. The van der Waals surface area contributed by atoms with Gasteiger partial charge in [-0.3, -0.25) is 4.79 Å². The Morgan fingerprint density at radius 2 is 2.00 bits per heavy atom. The summed E-state index contributed by atoms with van der Waals surface area (Å²) in [6.45, 7) is 0.887. The van der Waals surface area contributed by atoms with E-state index in [0.29, 0.717) is 11.8 Å². The van der Waals surface area contributed by atoms with E-state index in [0.717, 1.165) is 32.2 Å². The number of phenols is 1. The summed E-state index contributed by atoms with van der Waals surface area (Å²) in [5, 5.41) is 12.9. The van der Waals surface area contributed by atoms with Crippen molar-refractivity contribution in [3.63, 3.8) is 0 Å². The Hall–Kier alpha value is -2.07. The molecule has 1 heterocycles. The molecule has 1 aliphatic rings. The van der Waals surface area contributed by atoms with Crippen molar-refractivity contribution in [2.45, 2.75) is 31.7 Å². The Morgan fingerprint density at radius 1 is 1.23 bits per heavy atom. The highest BCUT2D eigenvalue weighted by Crippen LogP contribution is 2.28. The van der Waals surface area contributed by atoms with Crippen LogP contribution in [0.15, 0.2) is 41.2 Å². The van der Waals surface area contributed by atoms with Crippen LogP contribution in [0.4, 0.5) is 0 Å². The molecule has 22 heavy (non-hydrogen) atoms. The zero-order valence-electron chi connectivity index (χ0n) is 12.9. The van der Waals surface area contributed by atoms with Gasteiger partial charge in [0.1, 0.15) is 5.75 Å². The molecule has 0 aliphatic heterocycles. The lowest BCUT2D eigenvalue weighted by molar-refractivity contribution is 0.448. The second-order valence-electron chi connectivity index (χ2n) is 5.95. The molecule has 4 nitrogen and oxygen atoms in total. The van der Waals surface area contributed by atoms with Crippen LogP contribution in [0.2, 0.25) is 0 Å².